The number of rotatable bonds is 2. The molecule has 0 aliphatic carbocycles. The summed E-state index contributed by atoms with van der Waals surface area (Å²) < 4.78 is 32.6. The highest BCUT2D eigenvalue weighted by atomic mass is 35.5. The van der Waals surface area contributed by atoms with Crippen molar-refractivity contribution in [1.29, 1.82) is 0 Å². The van der Waals surface area contributed by atoms with Gasteiger partial charge in [0.2, 0.25) is 0 Å². The molecule has 0 amide bonds. The van der Waals surface area contributed by atoms with Crippen molar-refractivity contribution < 1.29 is 13.5 Å². The van der Waals surface area contributed by atoms with E-state index in [1.807, 2.05) is 12.1 Å². The maximum Gasteiger partial charge on any atom is 0.163 e. The van der Waals surface area contributed by atoms with Gasteiger partial charge in [0.1, 0.15) is 5.75 Å². The number of benzene rings is 2. The first-order valence-corrected chi connectivity index (χ1v) is 6.94. The van der Waals surface area contributed by atoms with E-state index in [2.05, 4.69) is 0 Å². The Morgan fingerprint density at radius 3 is 2.85 bits per heavy atom. The molecule has 0 fully saturated rings. The van der Waals surface area contributed by atoms with E-state index in [0.717, 1.165) is 42.4 Å². The molecular formula is C16H13ClF2O. The molecule has 4 heteroatoms. The van der Waals surface area contributed by atoms with Crippen molar-refractivity contribution in [2.75, 3.05) is 6.61 Å². The highest BCUT2D eigenvalue weighted by Gasteiger charge is 2.20. The van der Waals surface area contributed by atoms with Crippen molar-refractivity contribution in [2.24, 2.45) is 0 Å². The van der Waals surface area contributed by atoms with Crippen LogP contribution in [0.4, 0.5) is 8.78 Å². The van der Waals surface area contributed by atoms with E-state index in [0.29, 0.717) is 0 Å². The predicted octanol–water partition coefficient (Wildman–Crippen LogP) is 4.62. The predicted molar refractivity (Wildman–Crippen MR) is 74.3 cm³/mol. The van der Waals surface area contributed by atoms with Crippen LogP contribution in [0.25, 0.3) is 0 Å². The summed E-state index contributed by atoms with van der Waals surface area (Å²) in [6, 6.07) is 9.61. The average Bonchev–Trinajstić information content (AvgIpc) is 2.49. The molecule has 1 aliphatic rings. The van der Waals surface area contributed by atoms with Crippen molar-refractivity contribution >= 4 is 11.6 Å². The molecule has 20 heavy (non-hydrogen) atoms. The van der Waals surface area contributed by atoms with E-state index in [1.54, 1.807) is 6.07 Å². The van der Waals surface area contributed by atoms with Gasteiger partial charge in [0.25, 0.3) is 0 Å². The SMILES string of the molecule is Fc1cccc(C(Cl)c2ccc3c(c2)CCCO3)c1F. The third-order valence-corrected chi connectivity index (χ3v) is 3.97. The lowest BCUT2D eigenvalue weighted by Gasteiger charge is -2.19. The number of aryl methyl sites for hydroxylation is 1. The van der Waals surface area contributed by atoms with Gasteiger partial charge in [-0.05, 0) is 36.1 Å². The minimum Gasteiger partial charge on any atom is -0.493 e. The zero-order valence-corrected chi connectivity index (χ0v) is 11.5. The Morgan fingerprint density at radius 2 is 2.00 bits per heavy atom. The molecule has 0 N–H and O–H groups in total. The Morgan fingerprint density at radius 1 is 1.15 bits per heavy atom. The zero-order chi connectivity index (χ0) is 14.1. The molecule has 1 nitrogen and oxygen atoms in total. The molecule has 1 unspecified atom stereocenters. The van der Waals surface area contributed by atoms with Crippen LogP contribution in [0.3, 0.4) is 0 Å². The van der Waals surface area contributed by atoms with Crippen LogP contribution >= 0.6 is 11.6 Å². The van der Waals surface area contributed by atoms with Crippen molar-refractivity contribution in [2.45, 2.75) is 18.2 Å². The van der Waals surface area contributed by atoms with Gasteiger partial charge < -0.3 is 4.74 Å². The second-order valence-electron chi connectivity index (χ2n) is 4.82. The van der Waals surface area contributed by atoms with Crippen LogP contribution < -0.4 is 4.74 Å². The van der Waals surface area contributed by atoms with Gasteiger partial charge >= 0.3 is 0 Å². The van der Waals surface area contributed by atoms with Crippen LogP contribution in [-0.4, -0.2) is 6.61 Å². The fourth-order valence-corrected chi connectivity index (χ4v) is 2.74. The normalized spacial score (nSPS) is 15.3. The first-order chi connectivity index (χ1) is 9.66. The van der Waals surface area contributed by atoms with Gasteiger partial charge in [0, 0.05) is 5.56 Å². The molecule has 0 bridgehead atoms. The minimum atomic E-state index is -0.888. The van der Waals surface area contributed by atoms with E-state index < -0.39 is 17.0 Å². The lowest BCUT2D eigenvalue weighted by atomic mass is 9.98. The van der Waals surface area contributed by atoms with Crippen molar-refractivity contribution in [1.82, 2.24) is 0 Å². The number of halogens is 3. The van der Waals surface area contributed by atoms with Gasteiger partial charge in [-0.15, -0.1) is 11.6 Å². The number of hydrogen-bond donors (Lipinski definition) is 0. The van der Waals surface area contributed by atoms with Gasteiger partial charge in [-0.3, -0.25) is 0 Å². The lowest BCUT2D eigenvalue weighted by molar-refractivity contribution is 0.288. The van der Waals surface area contributed by atoms with Crippen molar-refractivity contribution in [3.05, 3.63) is 64.7 Å². The number of fused-ring (bicyclic) bond motifs is 1. The first-order valence-electron chi connectivity index (χ1n) is 6.50. The monoisotopic (exact) mass is 294 g/mol. The molecule has 2 aromatic carbocycles. The summed E-state index contributed by atoms with van der Waals surface area (Å²) in [5.74, 6) is -0.917. The molecule has 2 aromatic rings. The Balaban J connectivity index is 1.98. The third kappa shape index (κ3) is 2.38. The fraction of sp³-hybridized carbons (Fsp3) is 0.250. The van der Waals surface area contributed by atoms with Gasteiger partial charge in [-0.2, -0.15) is 0 Å². The molecule has 3 rings (SSSR count). The van der Waals surface area contributed by atoms with E-state index in [-0.39, 0.29) is 5.56 Å². The van der Waals surface area contributed by atoms with Crippen LogP contribution in [0, 0.1) is 11.6 Å². The van der Waals surface area contributed by atoms with Gasteiger partial charge in [-0.25, -0.2) is 8.78 Å². The maximum absolute atomic E-state index is 13.8. The summed E-state index contributed by atoms with van der Waals surface area (Å²) in [6.45, 7) is 0.717. The molecule has 0 spiro atoms. The molecule has 0 radical (unpaired) electrons. The zero-order valence-electron chi connectivity index (χ0n) is 10.7. The number of hydrogen-bond acceptors (Lipinski definition) is 1. The van der Waals surface area contributed by atoms with E-state index in [1.165, 1.54) is 12.1 Å². The fourth-order valence-electron chi connectivity index (χ4n) is 2.43. The van der Waals surface area contributed by atoms with Crippen LogP contribution in [0.15, 0.2) is 36.4 Å². The maximum atomic E-state index is 13.8. The van der Waals surface area contributed by atoms with E-state index in [9.17, 15) is 8.78 Å². The average molecular weight is 295 g/mol. The Bertz CT molecular complexity index is 642. The number of alkyl halides is 1. The topological polar surface area (TPSA) is 9.23 Å². The standard InChI is InChI=1S/C16H13ClF2O/c17-15(12-4-1-5-13(18)16(12)19)11-6-7-14-10(9-11)3-2-8-20-14/h1,4-7,9,15H,2-3,8H2. The lowest BCUT2D eigenvalue weighted by Crippen LogP contribution is -2.09. The van der Waals surface area contributed by atoms with Crippen LogP contribution in [-0.2, 0) is 6.42 Å². The highest BCUT2D eigenvalue weighted by Crippen LogP contribution is 2.35. The smallest absolute Gasteiger partial charge is 0.163 e. The highest BCUT2D eigenvalue weighted by molar-refractivity contribution is 6.22. The molecule has 1 atom stereocenters. The Kier molecular flexibility index (Phi) is 3.62. The van der Waals surface area contributed by atoms with Gasteiger partial charge in [0.15, 0.2) is 11.6 Å². The first kappa shape index (κ1) is 13.4. The molecule has 1 aliphatic heterocycles. The molecule has 104 valence electrons. The Labute approximate surface area is 121 Å². The summed E-state index contributed by atoms with van der Waals surface area (Å²) in [5.41, 5.74) is 1.97. The quantitative estimate of drug-likeness (QED) is 0.735. The van der Waals surface area contributed by atoms with Crippen LogP contribution in [0.1, 0.15) is 28.5 Å². The third-order valence-electron chi connectivity index (χ3n) is 3.48. The summed E-state index contributed by atoms with van der Waals surface area (Å²) >= 11 is 6.30. The summed E-state index contributed by atoms with van der Waals surface area (Å²) in [7, 11) is 0. The van der Waals surface area contributed by atoms with E-state index >= 15 is 0 Å². The second-order valence-corrected chi connectivity index (χ2v) is 5.26. The summed E-state index contributed by atoms with van der Waals surface area (Å²) in [5, 5.41) is -0.710. The number of ether oxygens (including phenoxy) is 1. The second kappa shape index (κ2) is 5.41. The summed E-state index contributed by atoms with van der Waals surface area (Å²) in [4.78, 5) is 0. The largest absolute Gasteiger partial charge is 0.493 e. The molecule has 1 heterocycles. The van der Waals surface area contributed by atoms with Gasteiger partial charge in [-0.1, -0.05) is 24.3 Å². The van der Waals surface area contributed by atoms with Crippen molar-refractivity contribution in [3.8, 4) is 5.75 Å². The Hall–Kier alpha value is -1.61. The molecular weight excluding hydrogens is 282 g/mol. The molecule has 0 saturated heterocycles. The van der Waals surface area contributed by atoms with Crippen LogP contribution in [0.5, 0.6) is 5.75 Å². The molecule has 0 aromatic heterocycles. The van der Waals surface area contributed by atoms with Gasteiger partial charge in [0.05, 0.1) is 12.0 Å². The van der Waals surface area contributed by atoms with E-state index in [4.69, 9.17) is 16.3 Å². The minimum absolute atomic E-state index is 0.156. The molecule has 0 saturated carbocycles. The van der Waals surface area contributed by atoms with Crippen LogP contribution in [0.2, 0.25) is 0 Å². The summed E-state index contributed by atoms with van der Waals surface area (Å²) in [6.07, 6.45) is 1.87. The van der Waals surface area contributed by atoms with Crippen molar-refractivity contribution in [3.63, 3.8) is 0 Å².